The highest BCUT2D eigenvalue weighted by Crippen LogP contribution is 2.27. The van der Waals surface area contributed by atoms with Crippen LogP contribution in [0.1, 0.15) is 62.1 Å². The zero-order valence-electron chi connectivity index (χ0n) is 15.9. The van der Waals surface area contributed by atoms with Gasteiger partial charge in [0.1, 0.15) is 0 Å². The van der Waals surface area contributed by atoms with Crippen molar-refractivity contribution in [3.63, 3.8) is 0 Å². The lowest BCUT2D eigenvalue weighted by molar-refractivity contribution is -0.00537. The number of aromatic nitrogens is 3. The summed E-state index contributed by atoms with van der Waals surface area (Å²) in [6, 6.07) is 2.18. The van der Waals surface area contributed by atoms with Gasteiger partial charge in [0.2, 0.25) is 0 Å². The van der Waals surface area contributed by atoms with E-state index in [4.69, 9.17) is 4.74 Å². The maximum absolute atomic E-state index is 13.1. The van der Waals surface area contributed by atoms with Crippen LogP contribution in [0.2, 0.25) is 0 Å². The van der Waals surface area contributed by atoms with Crippen LogP contribution in [0.25, 0.3) is 11.0 Å². The molecule has 1 amide bonds. The van der Waals surface area contributed by atoms with Crippen molar-refractivity contribution in [3.05, 3.63) is 23.5 Å². The summed E-state index contributed by atoms with van der Waals surface area (Å²) >= 11 is 0. The number of nitrogens with zero attached hydrogens (tertiary/aromatic N) is 4. The highest BCUT2D eigenvalue weighted by molar-refractivity contribution is 5.98. The Balaban J connectivity index is 1.88. The van der Waals surface area contributed by atoms with Crippen LogP contribution in [0.3, 0.4) is 0 Å². The van der Waals surface area contributed by atoms with Gasteiger partial charge in [-0.15, -0.1) is 0 Å². The summed E-state index contributed by atoms with van der Waals surface area (Å²) < 4.78 is 7.53. The fourth-order valence-corrected chi connectivity index (χ4v) is 3.49. The predicted molar refractivity (Wildman–Crippen MR) is 97.8 cm³/mol. The molecule has 0 spiro atoms. The quantitative estimate of drug-likeness (QED) is 0.857. The number of carbonyl (C=O) groups excluding carboxylic acids is 1. The monoisotopic (exact) mass is 344 g/mol. The van der Waals surface area contributed by atoms with Crippen LogP contribution in [0.15, 0.2) is 12.3 Å². The van der Waals surface area contributed by atoms with E-state index in [2.05, 4.69) is 30.9 Å². The van der Waals surface area contributed by atoms with Gasteiger partial charge in [0.15, 0.2) is 5.65 Å². The third-order valence-corrected chi connectivity index (χ3v) is 5.30. The lowest BCUT2D eigenvalue weighted by Gasteiger charge is -2.26. The summed E-state index contributed by atoms with van der Waals surface area (Å²) in [4.78, 5) is 19.7. The second-order valence-electron chi connectivity index (χ2n) is 7.52. The number of rotatable bonds is 3. The van der Waals surface area contributed by atoms with Crippen molar-refractivity contribution in [2.24, 2.45) is 0 Å². The zero-order valence-corrected chi connectivity index (χ0v) is 15.9. The number of amides is 1. The first-order valence-corrected chi connectivity index (χ1v) is 9.04. The molecule has 1 saturated heterocycles. The minimum atomic E-state index is -0.134. The average Bonchev–Trinajstić information content (AvgIpc) is 2.88. The summed E-state index contributed by atoms with van der Waals surface area (Å²) in [6.07, 6.45) is 4.58. The fourth-order valence-electron chi connectivity index (χ4n) is 3.49. The molecule has 3 rings (SSSR count). The van der Waals surface area contributed by atoms with Crippen LogP contribution in [0.5, 0.6) is 0 Å². The van der Waals surface area contributed by atoms with Gasteiger partial charge in [-0.3, -0.25) is 4.79 Å². The van der Waals surface area contributed by atoms with Gasteiger partial charge in [0.05, 0.1) is 23.1 Å². The van der Waals surface area contributed by atoms with E-state index in [0.29, 0.717) is 12.1 Å². The number of hydrogen-bond donors (Lipinski definition) is 0. The molecule has 3 heterocycles. The number of hydrogen-bond acceptors (Lipinski definition) is 4. The molecule has 2 aromatic heterocycles. The highest BCUT2D eigenvalue weighted by atomic mass is 16.5. The molecular weight excluding hydrogens is 316 g/mol. The molecule has 1 aliphatic rings. The third-order valence-electron chi connectivity index (χ3n) is 5.30. The summed E-state index contributed by atoms with van der Waals surface area (Å²) in [5.41, 5.74) is 2.15. The lowest BCUT2D eigenvalue weighted by Crippen LogP contribution is -2.34. The first kappa shape index (κ1) is 17.9. The molecule has 25 heavy (non-hydrogen) atoms. The molecule has 0 radical (unpaired) electrons. The van der Waals surface area contributed by atoms with Crippen LogP contribution < -0.4 is 0 Å². The molecule has 6 heteroatoms. The number of methoxy groups -OCH3 is 1. The molecular formula is C19H28N4O2. The Bertz CT molecular complexity index is 783. The fraction of sp³-hybridized carbons (Fsp3) is 0.632. The van der Waals surface area contributed by atoms with Crippen molar-refractivity contribution in [3.8, 4) is 0 Å². The largest absolute Gasteiger partial charge is 0.378 e. The molecule has 1 aliphatic heterocycles. The molecule has 0 saturated carbocycles. The van der Waals surface area contributed by atoms with Crippen molar-refractivity contribution in [2.75, 3.05) is 20.2 Å². The maximum atomic E-state index is 13.1. The SMILES string of the molecule is COC1(C)CCCN(C(=O)c2cc3cnn(C(C)C)c3nc2C)CC1. The first-order chi connectivity index (χ1) is 11.8. The standard InChI is InChI=1S/C19H28N4O2/c1-13(2)23-17-15(12-20-23)11-16(14(3)21-17)18(24)22-9-6-7-19(4,25-5)8-10-22/h11-13H,6-10H2,1-5H3. The van der Waals surface area contributed by atoms with E-state index in [-0.39, 0.29) is 17.6 Å². The van der Waals surface area contributed by atoms with Crippen molar-refractivity contribution in [1.29, 1.82) is 0 Å². The van der Waals surface area contributed by atoms with Crippen molar-refractivity contribution < 1.29 is 9.53 Å². The second-order valence-corrected chi connectivity index (χ2v) is 7.52. The Kier molecular flexibility index (Phi) is 4.82. The molecule has 6 nitrogen and oxygen atoms in total. The van der Waals surface area contributed by atoms with Gasteiger partial charge in [-0.05, 0) is 53.0 Å². The minimum Gasteiger partial charge on any atom is -0.378 e. The van der Waals surface area contributed by atoms with Gasteiger partial charge in [-0.2, -0.15) is 5.10 Å². The molecule has 1 fully saturated rings. The Hall–Kier alpha value is -1.95. The van der Waals surface area contributed by atoms with Gasteiger partial charge < -0.3 is 9.64 Å². The average molecular weight is 344 g/mol. The van der Waals surface area contributed by atoms with Gasteiger partial charge in [-0.1, -0.05) is 0 Å². The molecule has 0 N–H and O–H groups in total. The number of fused-ring (bicyclic) bond motifs is 1. The topological polar surface area (TPSA) is 60.2 Å². The molecule has 2 aromatic rings. The number of pyridine rings is 1. The Labute approximate surface area is 149 Å². The van der Waals surface area contributed by atoms with E-state index in [0.717, 1.165) is 42.5 Å². The van der Waals surface area contributed by atoms with E-state index >= 15 is 0 Å². The maximum Gasteiger partial charge on any atom is 0.255 e. The third kappa shape index (κ3) is 3.40. The normalized spacial score (nSPS) is 21.8. The Morgan fingerprint density at radius 3 is 2.76 bits per heavy atom. The van der Waals surface area contributed by atoms with Gasteiger partial charge >= 0.3 is 0 Å². The molecule has 136 valence electrons. The van der Waals surface area contributed by atoms with Gasteiger partial charge in [-0.25, -0.2) is 9.67 Å². The number of aryl methyl sites for hydroxylation is 1. The smallest absolute Gasteiger partial charge is 0.255 e. The van der Waals surface area contributed by atoms with Crippen LogP contribution in [-0.2, 0) is 4.74 Å². The van der Waals surface area contributed by atoms with Crippen LogP contribution in [-0.4, -0.2) is 51.4 Å². The van der Waals surface area contributed by atoms with E-state index < -0.39 is 0 Å². The Morgan fingerprint density at radius 2 is 2.08 bits per heavy atom. The van der Waals surface area contributed by atoms with Crippen LogP contribution >= 0.6 is 0 Å². The molecule has 0 bridgehead atoms. The summed E-state index contributed by atoms with van der Waals surface area (Å²) in [5, 5.41) is 5.32. The number of carbonyl (C=O) groups is 1. The summed E-state index contributed by atoms with van der Waals surface area (Å²) in [5.74, 6) is 0.0598. The molecule has 0 aliphatic carbocycles. The summed E-state index contributed by atoms with van der Waals surface area (Å²) in [7, 11) is 1.76. The van der Waals surface area contributed by atoms with Gasteiger partial charge in [0.25, 0.3) is 5.91 Å². The van der Waals surface area contributed by atoms with Crippen molar-refractivity contribution in [2.45, 2.75) is 58.6 Å². The predicted octanol–water partition coefficient (Wildman–Crippen LogP) is 3.35. The van der Waals surface area contributed by atoms with Crippen LogP contribution in [0, 0.1) is 6.92 Å². The van der Waals surface area contributed by atoms with E-state index in [1.165, 1.54) is 0 Å². The molecule has 0 aromatic carbocycles. The first-order valence-electron chi connectivity index (χ1n) is 9.04. The van der Waals surface area contributed by atoms with E-state index in [9.17, 15) is 4.79 Å². The van der Waals surface area contributed by atoms with Crippen molar-refractivity contribution >= 4 is 16.9 Å². The van der Waals surface area contributed by atoms with Gasteiger partial charge in [0, 0.05) is 31.6 Å². The Morgan fingerprint density at radius 1 is 1.32 bits per heavy atom. The summed E-state index contributed by atoms with van der Waals surface area (Å²) in [6.45, 7) is 9.66. The van der Waals surface area contributed by atoms with E-state index in [1.54, 1.807) is 13.3 Å². The zero-order chi connectivity index (χ0) is 18.2. The number of ether oxygens (including phenoxy) is 1. The lowest BCUT2D eigenvalue weighted by atomic mass is 9.97. The molecule has 1 unspecified atom stereocenters. The number of likely N-dealkylation sites (tertiary alicyclic amines) is 1. The van der Waals surface area contributed by atoms with E-state index in [1.807, 2.05) is 22.6 Å². The highest BCUT2D eigenvalue weighted by Gasteiger charge is 2.30. The minimum absolute atomic E-state index is 0.0598. The molecule has 1 atom stereocenters. The van der Waals surface area contributed by atoms with Crippen molar-refractivity contribution in [1.82, 2.24) is 19.7 Å². The second kappa shape index (κ2) is 6.75. The van der Waals surface area contributed by atoms with Crippen LogP contribution in [0.4, 0.5) is 0 Å².